The molecule has 2 N–H and O–H groups in total. The van der Waals surface area contributed by atoms with Gasteiger partial charge in [-0.05, 0) is 44.7 Å². The van der Waals surface area contributed by atoms with Gasteiger partial charge in [0.2, 0.25) is 0 Å². The number of hydrogen-bond donors (Lipinski definition) is 2. The molecule has 0 bridgehead atoms. The molecule has 1 aliphatic carbocycles. The second kappa shape index (κ2) is 7.28. The van der Waals surface area contributed by atoms with Gasteiger partial charge in [0.15, 0.2) is 0 Å². The van der Waals surface area contributed by atoms with E-state index in [1.165, 1.54) is 32.1 Å². The average Bonchev–Trinajstić information content (AvgIpc) is 2.45. The first-order chi connectivity index (χ1) is 10.0. The van der Waals surface area contributed by atoms with Crippen molar-refractivity contribution in [2.75, 3.05) is 13.2 Å². The largest absolute Gasteiger partial charge is 0.490 e. The van der Waals surface area contributed by atoms with E-state index in [1.807, 2.05) is 32.0 Å². The second-order valence-corrected chi connectivity index (χ2v) is 6.69. The highest BCUT2D eigenvalue weighted by atomic mass is 16.5. The molecule has 3 heteroatoms. The minimum Gasteiger partial charge on any atom is -0.490 e. The highest BCUT2D eigenvalue weighted by Crippen LogP contribution is 2.27. The Morgan fingerprint density at radius 2 is 1.81 bits per heavy atom. The normalized spacial score (nSPS) is 19.2. The molecule has 0 saturated heterocycles. The van der Waals surface area contributed by atoms with Crippen LogP contribution in [0.25, 0.3) is 0 Å². The monoisotopic (exact) mass is 291 g/mol. The fraction of sp³-hybridized carbons (Fsp3) is 0.667. The Morgan fingerprint density at radius 3 is 2.43 bits per heavy atom. The van der Waals surface area contributed by atoms with E-state index in [0.717, 1.165) is 16.9 Å². The maximum Gasteiger partial charge on any atom is 0.125 e. The van der Waals surface area contributed by atoms with Gasteiger partial charge in [-0.2, -0.15) is 0 Å². The molecule has 1 aliphatic rings. The zero-order valence-corrected chi connectivity index (χ0v) is 13.6. The quantitative estimate of drug-likeness (QED) is 0.844. The molecule has 1 atom stereocenters. The third-order valence-electron chi connectivity index (χ3n) is 4.55. The van der Waals surface area contributed by atoms with Crippen LogP contribution in [0.4, 0.5) is 0 Å². The van der Waals surface area contributed by atoms with Gasteiger partial charge in [-0.15, -0.1) is 0 Å². The molecule has 118 valence electrons. The van der Waals surface area contributed by atoms with Crippen molar-refractivity contribution >= 4 is 0 Å². The summed E-state index contributed by atoms with van der Waals surface area (Å²) >= 11 is 0. The SMILES string of the molecule is Cc1cccc(C)c1OCC(O)CNC1(C)CCCCC1. The lowest BCUT2D eigenvalue weighted by atomic mass is 9.83. The molecule has 2 rings (SSSR count). The Hall–Kier alpha value is -1.06. The molecule has 1 fully saturated rings. The van der Waals surface area contributed by atoms with Crippen LogP contribution in [0, 0.1) is 13.8 Å². The van der Waals surface area contributed by atoms with Crippen molar-refractivity contribution in [3.8, 4) is 5.75 Å². The number of aliphatic hydroxyl groups excluding tert-OH is 1. The van der Waals surface area contributed by atoms with Gasteiger partial charge in [-0.1, -0.05) is 37.5 Å². The van der Waals surface area contributed by atoms with E-state index < -0.39 is 6.10 Å². The van der Waals surface area contributed by atoms with E-state index in [4.69, 9.17) is 4.74 Å². The van der Waals surface area contributed by atoms with Crippen LogP contribution < -0.4 is 10.1 Å². The second-order valence-electron chi connectivity index (χ2n) is 6.69. The number of para-hydroxylation sites is 1. The van der Waals surface area contributed by atoms with E-state index >= 15 is 0 Å². The molecule has 0 aliphatic heterocycles. The summed E-state index contributed by atoms with van der Waals surface area (Å²) in [5.41, 5.74) is 2.43. The summed E-state index contributed by atoms with van der Waals surface area (Å²) < 4.78 is 5.81. The van der Waals surface area contributed by atoms with Gasteiger partial charge in [0.25, 0.3) is 0 Å². The summed E-state index contributed by atoms with van der Waals surface area (Å²) in [4.78, 5) is 0. The smallest absolute Gasteiger partial charge is 0.125 e. The van der Waals surface area contributed by atoms with E-state index in [-0.39, 0.29) is 5.54 Å². The lowest BCUT2D eigenvalue weighted by molar-refractivity contribution is 0.0924. The van der Waals surface area contributed by atoms with E-state index in [1.54, 1.807) is 0 Å². The summed E-state index contributed by atoms with van der Waals surface area (Å²) in [5, 5.41) is 13.7. The summed E-state index contributed by atoms with van der Waals surface area (Å²) in [6.45, 7) is 7.29. The van der Waals surface area contributed by atoms with Crippen molar-refractivity contribution in [1.29, 1.82) is 0 Å². The molecule has 3 nitrogen and oxygen atoms in total. The number of aryl methyl sites for hydroxylation is 2. The van der Waals surface area contributed by atoms with E-state index in [0.29, 0.717) is 13.2 Å². The Balaban J connectivity index is 1.78. The van der Waals surface area contributed by atoms with E-state index in [9.17, 15) is 5.11 Å². The number of rotatable bonds is 6. The molecule has 0 amide bonds. The molecule has 1 aromatic rings. The predicted molar refractivity (Wildman–Crippen MR) is 86.9 cm³/mol. The number of aliphatic hydroxyl groups is 1. The zero-order valence-electron chi connectivity index (χ0n) is 13.6. The molecular formula is C18H29NO2. The fourth-order valence-corrected chi connectivity index (χ4v) is 3.14. The minimum atomic E-state index is -0.470. The molecule has 0 radical (unpaired) electrons. The maximum absolute atomic E-state index is 10.1. The first-order valence-corrected chi connectivity index (χ1v) is 8.12. The van der Waals surface area contributed by atoms with Crippen LogP contribution in [0.15, 0.2) is 18.2 Å². The standard InChI is InChI=1S/C18H29NO2/c1-14-8-7-9-15(2)17(14)21-13-16(20)12-19-18(3)10-5-4-6-11-18/h7-9,16,19-20H,4-6,10-13H2,1-3H3. The Labute approximate surface area is 128 Å². The lowest BCUT2D eigenvalue weighted by Crippen LogP contribution is -2.48. The predicted octanol–water partition coefficient (Wildman–Crippen LogP) is 3.36. The lowest BCUT2D eigenvalue weighted by Gasteiger charge is -2.35. The van der Waals surface area contributed by atoms with Gasteiger partial charge in [0.1, 0.15) is 18.5 Å². The van der Waals surface area contributed by atoms with E-state index in [2.05, 4.69) is 12.2 Å². The van der Waals surface area contributed by atoms with Crippen LogP contribution in [0.2, 0.25) is 0 Å². The molecule has 0 spiro atoms. The third kappa shape index (κ3) is 4.72. The zero-order chi connectivity index (χ0) is 15.3. The van der Waals surface area contributed by atoms with Gasteiger partial charge in [0.05, 0.1) is 0 Å². The highest BCUT2D eigenvalue weighted by Gasteiger charge is 2.26. The van der Waals surface area contributed by atoms with Gasteiger partial charge in [-0.3, -0.25) is 0 Å². The molecule has 1 aromatic carbocycles. The summed E-state index contributed by atoms with van der Waals surface area (Å²) in [5.74, 6) is 0.903. The number of hydrogen-bond acceptors (Lipinski definition) is 3. The number of nitrogens with one attached hydrogen (secondary N) is 1. The van der Waals surface area contributed by atoms with Gasteiger partial charge < -0.3 is 15.2 Å². The third-order valence-corrected chi connectivity index (χ3v) is 4.55. The molecule has 0 heterocycles. The molecular weight excluding hydrogens is 262 g/mol. The number of benzene rings is 1. The Morgan fingerprint density at radius 1 is 1.19 bits per heavy atom. The van der Waals surface area contributed by atoms with Crippen LogP contribution in [0.3, 0.4) is 0 Å². The summed E-state index contributed by atoms with van der Waals surface area (Å²) in [7, 11) is 0. The van der Waals surface area contributed by atoms with Crippen molar-refractivity contribution in [2.24, 2.45) is 0 Å². The van der Waals surface area contributed by atoms with Crippen molar-refractivity contribution in [2.45, 2.75) is 64.5 Å². The van der Waals surface area contributed by atoms with Crippen LogP contribution >= 0.6 is 0 Å². The topological polar surface area (TPSA) is 41.5 Å². The van der Waals surface area contributed by atoms with Gasteiger partial charge in [0, 0.05) is 12.1 Å². The first kappa shape index (κ1) is 16.3. The van der Waals surface area contributed by atoms with Crippen molar-refractivity contribution in [3.05, 3.63) is 29.3 Å². The van der Waals surface area contributed by atoms with Crippen molar-refractivity contribution < 1.29 is 9.84 Å². The average molecular weight is 291 g/mol. The van der Waals surface area contributed by atoms with Gasteiger partial charge in [-0.25, -0.2) is 0 Å². The van der Waals surface area contributed by atoms with Gasteiger partial charge >= 0.3 is 0 Å². The molecule has 21 heavy (non-hydrogen) atoms. The Bertz CT molecular complexity index is 432. The van der Waals surface area contributed by atoms with Crippen molar-refractivity contribution in [1.82, 2.24) is 5.32 Å². The number of β-amino-alcohol motifs (C(OH)–C–C–N with tert-alkyl or cyclic N) is 1. The van der Waals surface area contributed by atoms with Crippen LogP contribution in [-0.2, 0) is 0 Å². The Kier molecular flexibility index (Phi) is 5.65. The van der Waals surface area contributed by atoms with Crippen molar-refractivity contribution in [3.63, 3.8) is 0 Å². The molecule has 1 saturated carbocycles. The summed E-state index contributed by atoms with van der Waals surface area (Å²) in [6.07, 6.45) is 5.87. The first-order valence-electron chi connectivity index (χ1n) is 8.12. The van der Waals surface area contributed by atoms with Crippen LogP contribution in [-0.4, -0.2) is 29.9 Å². The molecule has 1 unspecified atom stereocenters. The number of ether oxygens (including phenoxy) is 1. The highest BCUT2D eigenvalue weighted by molar-refractivity contribution is 5.39. The summed E-state index contributed by atoms with van der Waals surface area (Å²) in [6, 6.07) is 6.10. The van der Waals surface area contributed by atoms with Crippen LogP contribution in [0.1, 0.15) is 50.2 Å². The molecule has 0 aromatic heterocycles. The van der Waals surface area contributed by atoms with Crippen LogP contribution in [0.5, 0.6) is 5.75 Å². The maximum atomic E-state index is 10.1. The fourth-order valence-electron chi connectivity index (χ4n) is 3.14. The minimum absolute atomic E-state index is 0.192.